The number of fused-ring (bicyclic) bond motifs is 1. The number of carbonyl (C=O) groups is 1. The largest absolute Gasteiger partial charge is 0.294 e. The van der Waals surface area contributed by atoms with Crippen LogP contribution in [-0.4, -0.2) is 36.7 Å². The zero-order valence-electron chi connectivity index (χ0n) is 16.3. The lowest BCUT2D eigenvalue weighted by Gasteiger charge is -2.23. The van der Waals surface area contributed by atoms with Crippen LogP contribution in [0.4, 0.5) is 0 Å². The normalized spacial score (nSPS) is 14.9. The molecule has 1 atom stereocenters. The second-order valence-corrected chi connectivity index (χ2v) is 7.48. The molecule has 1 aliphatic carbocycles. The standard InChI is InChI=1S/C23H29N3O/c1-18(14-19-8-4-3-5-9-19)26(2)17-23(27)25-24-16-20-12-13-21-10-6-7-11-22(21)15-20/h3-5,8-9,12-13,15-16,18H,6-7,10-11,14,17H2,1-2H3,(H,25,27)/b24-16+. The molecule has 142 valence electrons. The van der Waals surface area contributed by atoms with Crippen LogP contribution in [0.25, 0.3) is 0 Å². The van der Waals surface area contributed by atoms with Crippen LogP contribution in [0, 0.1) is 0 Å². The van der Waals surface area contributed by atoms with E-state index in [1.807, 2.05) is 25.2 Å². The number of rotatable bonds is 7. The highest BCUT2D eigenvalue weighted by atomic mass is 16.2. The van der Waals surface area contributed by atoms with Crippen molar-refractivity contribution in [2.75, 3.05) is 13.6 Å². The van der Waals surface area contributed by atoms with E-state index in [4.69, 9.17) is 0 Å². The molecule has 1 unspecified atom stereocenters. The molecular weight excluding hydrogens is 334 g/mol. The summed E-state index contributed by atoms with van der Waals surface area (Å²) < 4.78 is 0. The summed E-state index contributed by atoms with van der Waals surface area (Å²) in [4.78, 5) is 14.2. The Labute approximate surface area is 162 Å². The third kappa shape index (κ3) is 5.76. The van der Waals surface area contributed by atoms with Gasteiger partial charge in [-0.25, -0.2) is 5.43 Å². The minimum absolute atomic E-state index is 0.0911. The molecule has 4 nitrogen and oxygen atoms in total. The van der Waals surface area contributed by atoms with Gasteiger partial charge in [0.1, 0.15) is 0 Å². The predicted octanol–water partition coefficient (Wildman–Crippen LogP) is 3.58. The SMILES string of the molecule is CC(Cc1ccccc1)N(C)CC(=O)N/N=C/c1ccc2c(c1)CCCC2. The van der Waals surface area contributed by atoms with E-state index in [2.05, 4.69) is 52.7 Å². The van der Waals surface area contributed by atoms with Crippen LogP contribution in [0.3, 0.4) is 0 Å². The molecule has 1 N–H and O–H groups in total. The zero-order chi connectivity index (χ0) is 19.1. The van der Waals surface area contributed by atoms with Crippen LogP contribution in [0.5, 0.6) is 0 Å². The first-order chi connectivity index (χ1) is 13.1. The number of carbonyl (C=O) groups excluding carboxylic acids is 1. The van der Waals surface area contributed by atoms with Gasteiger partial charge >= 0.3 is 0 Å². The van der Waals surface area contributed by atoms with Crippen molar-refractivity contribution in [3.05, 3.63) is 70.8 Å². The maximum atomic E-state index is 12.2. The third-order valence-corrected chi connectivity index (χ3v) is 5.29. The average Bonchev–Trinajstić information content (AvgIpc) is 2.68. The van der Waals surface area contributed by atoms with Crippen molar-refractivity contribution in [1.29, 1.82) is 0 Å². The molecule has 0 bridgehead atoms. The Kier molecular flexibility index (Phi) is 6.77. The summed E-state index contributed by atoms with van der Waals surface area (Å²) in [6, 6.07) is 17.1. The summed E-state index contributed by atoms with van der Waals surface area (Å²) in [5.41, 5.74) is 7.85. The van der Waals surface area contributed by atoms with Crippen molar-refractivity contribution in [2.45, 2.75) is 45.1 Å². The Morgan fingerprint density at radius 2 is 1.89 bits per heavy atom. The minimum atomic E-state index is -0.0911. The lowest BCUT2D eigenvalue weighted by Crippen LogP contribution is -2.39. The molecule has 0 saturated heterocycles. The molecule has 0 aliphatic heterocycles. The summed E-state index contributed by atoms with van der Waals surface area (Å²) in [6.45, 7) is 2.46. The van der Waals surface area contributed by atoms with Crippen molar-refractivity contribution in [2.24, 2.45) is 5.10 Å². The van der Waals surface area contributed by atoms with Gasteiger partial charge in [-0.2, -0.15) is 5.10 Å². The molecule has 1 amide bonds. The van der Waals surface area contributed by atoms with Gasteiger partial charge in [0.2, 0.25) is 0 Å². The van der Waals surface area contributed by atoms with Crippen LogP contribution in [0.1, 0.15) is 42.0 Å². The van der Waals surface area contributed by atoms with Gasteiger partial charge in [0, 0.05) is 6.04 Å². The van der Waals surface area contributed by atoms with Crippen LogP contribution < -0.4 is 5.43 Å². The first-order valence-electron chi connectivity index (χ1n) is 9.79. The third-order valence-electron chi connectivity index (χ3n) is 5.29. The number of benzene rings is 2. The van der Waals surface area contributed by atoms with Crippen molar-refractivity contribution >= 4 is 12.1 Å². The summed E-state index contributed by atoms with van der Waals surface area (Å²) in [6.07, 6.45) is 7.53. The van der Waals surface area contributed by atoms with E-state index in [1.165, 1.54) is 36.0 Å². The monoisotopic (exact) mass is 363 g/mol. The van der Waals surface area contributed by atoms with E-state index in [9.17, 15) is 4.79 Å². The Morgan fingerprint density at radius 1 is 1.15 bits per heavy atom. The van der Waals surface area contributed by atoms with E-state index in [1.54, 1.807) is 6.21 Å². The van der Waals surface area contributed by atoms with Crippen molar-refractivity contribution in [1.82, 2.24) is 10.3 Å². The molecule has 27 heavy (non-hydrogen) atoms. The number of aryl methyl sites for hydroxylation is 2. The summed E-state index contributed by atoms with van der Waals surface area (Å²) in [5, 5.41) is 4.14. The fourth-order valence-electron chi connectivity index (χ4n) is 3.54. The van der Waals surface area contributed by atoms with Gasteiger partial charge in [-0.3, -0.25) is 9.69 Å². The van der Waals surface area contributed by atoms with E-state index >= 15 is 0 Å². The molecule has 0 aromatic heterocycles. The van der Waals surface area contributed by atoms with Crippen molar-refractivity contribution in [3.63, 3.8) is 0 Å². The first-order valence-corrected chi connectivity index (χ1v) is 9.79. The molecule has 0 heterocycles. The molecule has 2 aromatic carbocycles. The van der Waals surface area contributed by atoms with Gasteiger partial charge in [-0.05, 0) is 74.4 Å². The second kappa shape index (κ2) is 9.47. The van der Waals surface area contributed by atoms with Gasteiger partial charge in [0.05, 0.1) is 12.8 Å². The van der Waals surface area contributed by atoms with E-state index in [-0.39, 0.29) is 11.9 Å². The fraction of sp³-hybridized carbons (Fsp3) is 0.391. The maximum Gasteiger partial charge on any atom is 0.254 e. The second-order valence-electron chi connectivity index (χ2n) is 7.48. The first kappa shape index (κ1) is 19.3. The van der Waals surface area contributed by atoms with Crippen LogP contribution in [0.2, 0.25) is 0 Å². The molecule has 1 aliphatic rings. The molecular formula is C23H29N3O. The number of nitrogens with one attached hydrogen (secondary N) is 1. The van der Waals surface area contributed by atoms with Gasteiger partial charge in [0.25, 0.3) is 5.91 Å². The predicted molar refractivity (Wildman–Crippen MR) is 111 cm³/mol. The number of hydrogen-bond donors (Lipinski definition) is 1. The van der Waals surface area contributed by atoms with E-state index < -0.39 is 0 Å². The molecule has 0 spiro atoms. The molecule has 3 rings (SSSR count). The highest BCUT2D eigenvalue weighted by molar-refractivity contribution is 5.83. The number of likely N-dealkylation sites (N-methyl/N-ethyl adjacent to an activating group) is 1. The fourth-order valence-corrected chi connectivity index (χ4v) is 3.54. The molecule has 0 saturated carbocycles. The van der Waals surface area contributed by atoms with Crippen molar-refractivity contribution in [3.8, 4) is 0 Å². The van der Waals surface area contributed by atoms with E-state index in [0.717, 1.165) is 18.4 Å². The Balaban J connectivity index is 1.46. The van der Waals surface area contributed by atoms with Gasteiger partial charge in [-0.15, -0.1) is 0 Å². The lowest BCUT2D eigenvalue weighted by molar-refractivity contribution is -0.122. The van der Waals surface area contributed by atoms with Gasteiger partial charge < -0.3 is 0 Å². The Morgan fingerprint density at radius 3 is 2.67 bits per heavy atom. The minimum Gasteiger partial charge on any atom is -0.294 e. The molecule has 0 fully saturated rings. The van der Waals surface area contributed by atoms with Crippen molar-refractivity contribution < 1.29 is 4.79 Å². The Bertz CT molecular complexity index is 785. The quantitative estimate of drug-likeness (QED) is 0.604. The molecule has 0 radical (unpaired) electrons. The summed E-state index contributed by atoms with van der Waals surface area (Å²) >= 11 is 0. The average molecular weight is 364 g/mol. The molecule has 4 heteroatoms. The van der Waals surface area contributed by atoms with Gasteiger partial charge in [-0.1, -0.05) is 42.5 Å². The molecule has 2 aromatic rings. The smallest absolute Gasteiger partial charge is 0.254 e. The van der Waals surface area contributed by atoms with Crippen LogP contribution in [-0.2, 0) is 24.1 Å². The van der Waals surface area contributed by atoms with E-state index in [0.29, 0.717) is 6.54 Å². The highest BCUT2D eigenvalue weighted by Gasteiger charge is 2.13. The topological polar surface area (TPSA) is 44.7 Å². The van der Waals surface area contributed by atoms with Crippen LogP contribution in [0.15, 0.2) is 53.6 Å². The number of hydrogen-bond acceptors (Lipinski definition) is 3. The summed E-state index contributed by atoms with van der Waals surface area (Å²) in [5.74, 6) is -0.0911. The highest BCUT2D eigenvalue weighted by Crippen LogP contribution is 2.21. The zero-order valence-corrected chi connectivity index (χ0v) is 16.3. The number of nitrogens with zero attached hydrogens (tertiary/aromatic N) is 2. The maximum absolute atomic E-state index is 12.2. The van der Waals surface area contributed by atoms with Gasteiger partial charge in [0.15, 0.2) is 0 Å². The summed E-state index contributed by atoms with van der Waals surface area (Å²) in [7, 11) is 1.97. The van der Waals surface area contributed by atoms with Crippen LogP contribution >= 0.6 is 0 Å². The number of hydrazone groups is 1. The number of amides is 1. The lowest BCUT2D eigenvalue weighted by atomic mass is 9.90. The Hall–Kier alpha value is -2.46.